The van der Waals surface area contributed by atoms with Crippen molar-refractivity contribution >= 4 is 0 Å². The summed E-state index contributed by atoms with van der Waals surface area (Å²) < 4.78 is 5.94. The summed E-state index contributed by atoms with van der Waals surface area (Å²) in [5, 5.41) is 3.65. The molecular weight excluding hydrogens is 234 g/mol. The highest BCUT2D eigenvalue weighted by Crippen LogP contribution is 2.31. The van der Waals surface area contributed by atoms with E-state index in [1.807, 2.05) is 0 Å². The third kappa shape index (κ3) is 4.38. The lowest BCUT2D eigenvalue weighted by molar-refractivity contribution is 0.350. The SMILES string of the molecule is CCCNC(CCC1CCCC1)c1ccc(CC)o1. The van der Waals surface area contributed by atoms with Crippen LogP contribution in [-0.2, 0) is 6.42 Å². The Hall–Kier alpha value is -0.760. The van der Waals surface area contributed by atoms with Gasteiger partial charge < -0.3 is 9.73 Å². The largest absolute Gasteiger partial charge is 0.464 e. The van der Waals surface area contributed by atoms with Gasteiger partial charge in [0.25, 0.3) is 0 Å². The van der Waals surface area contributed by atoms with E-state index in [4.69, 9.17) is 4.42 Å². The molecule has 0 spiro atoms. The van der Waals surface area contributed by atoms with E-state index in [-0.39, 0.29) is 0 Å². The molecule has 1 aromatic rings. The van der Waals surface area contributed by atoms with Crippen LogP contribution in [0.25, 0.3) is 0 Å². The molecule has 2 rings (SSSR count). The zero-order valence-electron chi connectivity index (χ0n) is 12.6. The number of rotatable bonds is 8. The van der Waals surface area contributed by atoms with Crippen molar-refractivity contribution in [2.45, 2.75) is 71.3 Å². The monoisotopic (exact) mass is 263 g/mol. The fraction of sp³-hybridized carbons (Fsp3) is 0.765. The zero-order valence-corrected chi connectivity index (χ0v) is 12.6. The summed E-state index contributed by atoms with van der Waals surface area (Å²) in [5.41, 5.74) is 0. The van der Waals surface area contributed by atoms with Gasteiger partial charge in [-0.25, -0.2) is 0 Å². The van der Waals surface area contributed by atoms with E-state index < -0.39 is 0 Å². The van der Waals surface area contributed by atoms with Gasteiger partial charge in [0.05, 0.1) is 6.04 Å². The lowest BCUT2D eigenvalue weighted by Crippen LogP contribution is -2.22. The lowest BCUT2D eigenvalue weighted by Gasteiger charge is -2.18. The first kappa shape index (κ1) is 14.6. The molecule has 1 unspecified atom stereocenters. The summed E-state index contributed by atoms with van der Waals surface area (Å²) in [6.07, 6.45) is 10.5. The Morgan fingerprint density at radius 2 is 2.05 bits per heavy atom. The molecule has 1 fully saturated rings. The second-order valence-electron chi connectivity index (χ2n) is 5.89. The first-order valence-corrected chi connectivity index (χ1v) is 8.15. The van der Waals surface area contributed by atoms with E-state index in [1.165, 1.54) is 44.9 Å². The van der Waals surface area contributed by atoms with Crippen LogP contribution in [-0.4, -0.2) is 6.54 Å². The summed E-state index contributed by atoms with van der Waals surface area (Å²) >= 11 is 0. The van der Waals surface area contributed by atoms with Crippen LogP contribution in [0, 0.1) is 5.92 Å². The molecule has 1 aromatic heterocycles. The number of furan rings is 1. The van der Waals surface area contributed by atoms with Crippen LogP contribution in [0.5, 0.6) is 0 Å². The summed E-state index contributed by atoms with van der Waals surface area (Å²) in [7, 11) is 0. The predicted octanol–water partition coefficient (Wildman–Crippen LogP) is 4.85. The Morgan fingerprint density at radius 1 is 1.26 bits per heavy atom. The standard InChI is InChI=1S/C17H29NO/c1-3-13-18-16(11-9-14-7-5-6-8-14)17-12-10-15(4-2)19-17/h10,12,14,16,18H,3-9,11,13H2,1-2H3. The molecule has 0 radical (unpaired) electrons. The van der Waals surface area contributed by atoms with Gasteiger partial charge in [-0.15, -0.1) is 0 Å². The molecule has 1 heterocycles. The van der Waals surface area contributed by atoms with Gasteiger partial charge in [0.2, 0.25) is 0 Å². The number of hydrogen-bond donors (Lipinski definition) is 1. The highest BCUT2D eigenvalue weighted by Gasteiger charge is 2.19. The number of nitrogens with one attached hydrogen (secondary N) is 1. The normalized spacial score (nSPS) is 18.0. The summed E-state index contributed by atoms with van der Waals surface area (Å²) in [5.74, 6) is 3.22. The second kappa shape index (κ2) is 7.74. The Labute approximate surface area is 118 Å². The van der Waals surface area contributed by atoms with Crippen LogP contribution in [0.2, 0.25) is 0 Å². The summed E-state index contributed by atoms with van der Waals surface area (Å²) in [4.78, 5) is 0. The van der Waals surface area contributed by atoms with E-state index >= 15 is 0 Å². The molecule has 19 heavy (non-hydrogen) atoms. The van der Waals surface area contributed by atoms with Crippen molar-refractivity contribution in [3.8, 4) is 0 Å². The molecule has 0 saturated heterocycles. The van der Waals surface area contributed by atoms with Crippen molar-refractivity contribution in [3.63, 3.8) is 0 Å². The summed E-state index contributed by atoms with van der Waals surface area (Å²) in [6.45, 7) is 5.45. The van der Waals surface area contributed by atoms with Crippen molar-refractivity contribution < 1.29 is 4.42 Å². The van der Waals surface area contributed by atoms with Crippen LogP contribution in [0.15, 0.2) is 16.5 Å². The van der Waals surface area contributed by atoms with Crippen molar-refractivity contribution in [1.29, 1.82) is 0 Å². The minimum absolute atomic E-state index is 0.417. The van der Waals surface area contributed by atoms with E-state index in [1.54, 1.807) is 0 Å². The fourth-order valence-corrected chi connectivity index (χ4v) is 3.14. The van der Waals surface area contributed by atoms with E-state index in [0.29, 0.717) is 6.04 Å². The topological polar surface area (TPSA) is 25.2 Å². The molecule has 1 saturated carbocycles. The average molecular weight is 263 g/mol. The smallest absolute Gasteiger partial charge is 0.121 e. The van der Waals surface area contributed by atoms with Crippen molar-refractivity contribution in [2.75, 3.05) is 6.54 Å². The second-order valence-corrected chi connectivity index (χ2v) is 5.89. The molecule has 0 bridgehead atoms. The van der Waals surface area contributed by atoms with Gasteiger partial charge in [-0.1, -0.05) is 39.5 Å². The molecule has 1 aliphatic rings. The molecule has 2 heteroatoms. The van der Waals surface area contributed by atoms with Gasteiger partial charge >= 0.3 is 0 Å². The number of aryl methyl sites for hydroxylation is 1. The highest BCUT2D eigenvalue weighted by molar-refractivity contribution is 5.10. The highest BCUT2D eigenvalue weighted by atomic mass is 16.3. The summed E-state index contributed by atoms with van der Waals surface area (Å²) in [6, 6.07) is 4.72. The average Bonchev–Trinajstić information content (AvgIpc) is 3.09. The predicted molar refractivity (Wildman–Crippen MR) is 80.3 cm³/mol. The Bertz CT molecular complexity index is 352. The third-order valence-corrected chi connectivity index (χ3v) is 4.35. The van der Waals surface area contributed by atoms with Crippen LogP contribution >= 0.6 is 0 Å². The van der Waals surface area contributed by atoms with Gasteiger partial charge in [0.1, 0.15) is 11.5 Å². The minimum atomic E-state index is 0.417. The van der Waals surface area contributed by atoms with Crippen molar-refractivity contribution in [1.82, 2.24) is 5.32 Å². The van der Waals surface area contributed by atoms with Crippen LogP contribution < -0.4 is 5.32 Å². The molecule has 1 aliphatic carbocycles. The maximum Gasteiger partial charge on any atom is 0.121 e. The van der Waals surface area contributed by atoms with Crippen LogP contribution in [0.4, 0.5) is 0 Å². The quantitative estimate of drug-likeness (QED) is 0.725. The Kier molecular flexibility index (Phi) is 5.96. The fourth-order valence-electron chi connectivity index (χ4n) is 3.14. The molecule has 1 N–H and O–H groups in total. The van der Waals surface area contributed by atoms with E-state index in [9.17, 15) is 0 Å². The zero-order chi connectivity index (χ0) is 13.5. The maximum absolute atomic E-state index is 5.94. The molecule has 0 amide bonds. The molecular formula is C17H29NO. The van der Waals surface area contributed by atoms with Gasteiger partial charge in [0.15, 0.2) is 0 Å². The maximum atomic E-state index is 5.94. The van der Waals surface area contributed by atoms with Gasteiger partial charge in [-0.05, 0) is 43.9 Å². The molecule has 1 atom stereocenters. The lowest BCUT2D eigenvalue weighted by atomic mass is 9.97. The molecule has 108 valence electrons. The first-order chi connectivity index (χ1) is 9.33. The van der Waals surface area contributed by atoms with E-state index in [0.717, 1.165) is 30.4 Å². The van der Waals surface area contributed by atoms with Gasteiger partial charge in [-0.3, -0.25) is 0 Å². The van der Waals surface area contributed by atoms with Crippen LogP contribution in [0.3, 0.4) is 0 Å². The first-order valence-electron chi connectivity index (χ1n) is 8.15. The van der Waals surface area contributed by atoms with Crippen LogP contribution in [0.1, 0.15) is 76.4 Å². The Balaban J connectivity index is 1.89. The van der Waals surface area contributed by atoms with E-state index in [2.05, 4.69) is 31.3 Å². The van der Waals surface area contributed by atoms with Crippen molar-refractivity contribution in [2.24, 2.45) is 5.92 Å². The molecule has 0 aromatic carbocycles. The minimum Gasteiger partial charge on any atom is -0.464 e. The Morgan fingerprint density at radius 3 is 2.68 bits per heavy atom. The number of hydrogen-bond acceptors (Lipinski definition) is 2. The molecule has 2 nitrogen and oxygen atoms in total. The van der Waals surface area contributed by atoms with Crippen molar-refractivity contribution in [3.05, 3.63) is 23.7 Å². The third-order valence-electron chi connectivity index (χ3n) is 4.35. The van der Waals surface area contributed by atoms with Gasteiger partial charge in [0, 0.05) is 6.42 Å². The van der Waals surface area contributed by atoms with Gasteiger partial charge in [-0.2, -0.15) is 0 Å². The molecule has 0 aliphatic heterocycles.